The van der Waals surface area contributed by atoms with Gasteiger partial charge in [-0.05, 0) is 31.2 Å². The number of hydrogen-bond acceptors (Lipinski definition) is 4. The van der Waals surface area contributed by atoms with Crippen molar-refractivity contribution in [2.45, 2.75) is 32.9 Å². The molecule has 7 heteroatoms. The molecule has 30 heavy (non-hydrogen) atoms. The molecule has 2 aromatic carbocycles. The third-order valence-electron chi connectivity index (χ3n) is 5.60. The third-order valence-corrected chi connectivity index (χ3v) is 5.60. The van der Waals surface area contributed by atoms with E-state index < -0.39 is 0 Å². The predicted octanol–water partition coefficient (Wildman–Crippen LogP) is 2.91. The van der Waals surface area contributed by atoms with E-state index in [1.165, 1.54) is 0 Å². The van der Waals surface area contributed by atoms with Crippen LogP contribution in [0.2, 0.25) is 0 Å². The van der Waals surface area contributed by atoms with Crippen LogP contribution in [0.5, 0.6) is 5.75 Å². The van der Waals surface area contributed by atoms with Crippen molar-refractivity contribution in [3.63, 3.8) is 0 Å². The van der Waals surface area contributed by atoms with Crippen LogP contribution in [0.25, 0.3) is 11.0 Å². The van der Waals surface area contributed by atoms with Crippen molar-refractivity contribution in [2.24, 2.45) is 5.92 Å². The van der Waals surface area contributed by atoms with Crippen molar-refractivity contribution in [3.05, 3.63) is 54.4 Å². The van der Waals surface area contributed by atoms with Crippen LogP contribution in [-0.2, 0) is 16.1 Å². The number of hydrogen-bond donors (Lipinski definition) is 1. The number of aryl methyl sites for hydroxylation is 1. The van der Waals surface area contributed by atoms with Gasteiger partial charge in [-0.1, -0.05) is 31.2 Å². The van der Waals surface area contributed by atoms with Gasteiger partial charge in [-0.3, -0.25) is 9.59 Å². The minimum absolute atomic E-state index is 0.0195. The number of benzene rings is 2. The minimum Gasteiger partial charge on any atom is -0.495 e. The lowest BCUT2D eigenvalue weighted by molar-refractivity contribution is -0.125. The molecule has 0 aliphatic carbocycles. The van der Waals surface area contributed by atoms with Crippen molar-refractivity contribution in [1.29, 1.82) is 0 Å². The molecule has 0 spiro atoms. The molecule has 4 rings (SSSR count). The Bertz CT molecular complexity index is 1090. The van der Waals surface area contributed by atoms with Gasteiger partial charge >= 0.3 is 0 Å². The van der Waals surface area contributed by atoms with Crippen LogP contribution in [0.4, 0.5) is 5.69 Å². The van der Waals surface area contributed by atoms with Crippen molar-refractivity contribution in [3.8, 4) is 5.75 Å². The largest absolute Gasteiger partial charge is 0.495 e. The number of para-hydroxylation sites is 4. The Morgan fingerprint density at radius 2 is 1.97 bits per heavy atom. The number of ether oxygens (including phenoxy) is 1. The molecule has 7 nitrogen and oxygen atoms in total. The second kappa shape index (κ2) is 8.18. The highest BCUT2D eigenvalue weighted by Gasteiger charge is 2.33. The highest BCUT2D eigenvalue weighted by Crippen LogP contribution is 2.31. The molecule has 1 aliphatic heterocycles. The average molecular weight is 406 g/mol. The maximum atomic E-state index is 12.8. The summed E-state index contributed by atoms with van der Waals surface area (Å²) in [4.78, 5) is 31.7. The van der Waals surface area contributed by atoms with Gasteiger partial charge in [0.15, 0.2) is 0 Å². The first kappa shape index (κ1) is 19.9. The summed E-state index contributed by atoms with van der Waals surface area (Å²) < 4.78 is 7.45. The first-order valence-corrected chi connectivity index (χ1v) is 10.1. The quantitative estimate of drug-likeness (QED) is 0.683. The van der Waals surface area contributed by atoms with Gasteiger partial charge in [0, 0.05) is 19.5 Å². The average Bonchev–Trinajstić information content (AvgIpc) is 3.26. The molecule has 1 N–H and O–H groups in total. The number of aromatic nitrogens is 2. The molecule has 2 heterocycles. The summed E-state index contributed by atoms with van der Waals surface area (Å²) in [5, 5.41) is 3.05. The van der Waals surface area contributed by atoms with Crippen molar-refractivity contribution in [1.82, 2.24) is 14.9 Å². The summed E-state index contributed by atoms with van der Waals surface area (Å²) in [5.74, 6) is 1.19. The van der Waals surface area contributed by atoms with E-state index in [2.05, 4.69) is 14.9 Å². The van der Waals surface area contributed by atoms with Gasteiger partial charge in [0.05, 0.1) is 35.8 Å². The standard InChI is InChI=1S/C23H26N4O3/c1-15(13-26-16(2)24-18-8-4-5-9-19(18)26)23(29)25-17-12-22(28)27(14-17)20-10-6-7-11-21(20)30-3/h4-11,15,17H,12-14H2,1-3H3,(H,25,29). The summed E-state index contributed by atoms with van der Waals surface area (Å²) >= 11 is 0. The van der Waals surface area contributed by atoms with E-state index in [9.17, 15) is 9.59 Å². The SMILES string of the molecule is COc1ccccc1N1CC(NC(=O)C(C)Cn2c(C)nc3ccccc32)CC1=O. The molecule has 1 fully saturated rings. The second-order valence-electron chi connectivity index (χ2n) is 7.75. The van der Waals surface area contributed by atoms with E-state index in [0.717, 1.165) is 22.5 Å². The van der Waals surface area contributed by atoms with Crippen LogP contribution in [0.3, 0.4) is 0 Å². The zero-order valence-corrected chi connectivity index (χ0v) is 17.5. The van der Waals surface area contributed by atoms with E-state index >= 15 is 0 Å². The third kappa shape index (κ3) is 3.75. The fourth-order valence-corrected chi connectivity index (χ4v) is 4.02. The van der Waals surface area contributed by atoms with E-state index in [0.29, 0.717) is 18.8 Å². The Balaban J connectivity index is 1.42. The molecule has 0 radical (unpaired) electrons. The van der Waals surface area contributed by atoms with E-state index in [-0.39, 0.29) is 30.2 Å². The lowest BCUT2D eigenvalue weighted by Crippen LogP contribution is -2.41. The molecule has 2 unspecified atom stereocenters. The zero-order chi connectivity index (χ0) is 21.3. The molecular formula is C23H26N4O3. The lowest BCUT2D eigenvalue weighted by atomic mass is 10.1. The van der Waals surface area contributed by atoms with Crippen LogP contribution in [-0.4, -0.2) is 41.1 Å². The number of anilines is 1. The van der Waals surface area contributed by atoms with Crippen LogP contribution >= 0.6 is 0 Å². The van der Waals surface area contributed by atoms with Gasteiger partial charge in [-0.15, -0.1) is 0 Å². The fourth-order valence-electron chi connectivity index (χ4n) is 4.02. The Hall–Kier alpha value is -3.35. The molecular weight excluding hydrogens is 380 g/mol. The number of rotatable bonds is 6. The smallest absolute Gasteiger partial charge is 0.229 e. The lowest BCUT2D eigenvalue weighted by Gasteiger charge is -2.21. The van der Waals surface area contributed by atoms with E-state index in [4.69, 9.17) is 4.74 Å². The molecule has 2 amide bonds. The van der Waals surface area contributed by atoms with Crippen molar-refractivity contribution < 1.29 is 14.3 Å². The topological polar surface area (TPSA) is 76.5 Å². The summed E-state index contributed by atoms with van der Waals surface area (Å²) in [6.45, 7) is 4.82. The minimum atomic E-state index is -0.253. The van der Waals surface area contributed by atoms with E-state index in [1.807, 2.05) is 62.4 Å². The van der Waals surface area contributed by atoms with Gasteiger partial charge in [-0.2, -0.15) is 0 Å². The molecule has 1 saturated heterocycles. The molecule has 1 aliphatic rings. The molecule has 0 saturated carbocycles. The Morgan fingerprint density at radius 3 is 2.77 bits per heavy atom. The summed E-state index contributed by atoms with van der Waals surface area (Å²) in [7, 11) is 1.59. The Morgan fingerprint density at radius 1 is 1.23 bits per heavy atom. The fraction of sp³-hybridized carbons (Fsp3) is 0.348. The first-order valence-electron chi connectivity index (χ1n) is 10.1. The van der Waals surface area contributed by atoms with Crippen LogP contribution in [0, 0.1) is 12.8 Å². The van der Waals surface area contributed by atoms with Gasteiger partial charge in [0.25, 0.3) is 0 Å². The normalized spacial score (nSPS) is 17.4. The maximum absolute atomic E-state index is 12.8. The molecule has 156 valence electrons. The number of fused-ring (bicyclic) bond motifs is 1. The van der Waals surface area contributed by atoms with Crippen LogP contribution in [0.15, 0.2) is 48.5 Å². The number of nitrogens with one attached hydrogen (secondary N) is 1. The van der Waals surface area contributed by atoms with Crippen LogP contribution < -0.4 is 15.0 Å². The van der Waals surface area contributed by atoms with Gasteiger partial charge in [-0.25, -0.2) is 4.98 Å². The molecule has 3 aromatic rings. The van der Waals surface area contributed by atoms with Crippen LogP contribution in [0.1, 0.15) is 19.2 Å². The van der Waals surface area contributed by atoms with E-state index in [1.54, 1.807) is 12.0 Å². The van der Waals surface area contributed by atoms with Crippen molar-refractivity contribution in [2.75, 3.05) is 18.6 Å². The number of carbonyl (C=O) groups excluding carboxylic acids is 2. The highest BCUT2D eigenvalue weighted by molar-refractivity contribution is 5.98. The summed E-state index contributed by atoms with van der Waals surface area (Å²) in [6.07, 6.45) is 0.281. The maximum Gasteiger partial charge on any atom is 0.229 e. The molecule has 1 aromatic heterocycles. The summed E-state index contributed by atoms with van der Waals surface area (Å²) in [5.41, 5.74) is 2.68. The Kier molecular flexibility index (Phi) is 5.44. The molecule has 0 bridgehead atoms. The summed E-state index contributed by atoms with van der Waals surface area (Å²) in [6, 6.07) is 15.1. The highest BCUT2D eigenvalue weighted by atomic mass is 16.5. The van der Waals surface area contributed by atoms with Gasteiger partial charge < -0.3 is 19.5 Å². The predicted molar refractivity (Wildman–Crippen MR) is 116 cm³/mol. The van der Waals surface area contributed by atoms with Crippen molar-refractivity contribution >= 4 is 28.5 Å². The Labute approximate surface area is 175 Å². The number of imidazole rings is 1. The number of methoxy groups -OCH3 is 1. The second-order valence-corrected chi connectivity index (χ2v) is 7.75. The molecule has 2 atom stereocenters. The number of carbonyl (C=O) groups is 2. The zero-order valence-electron chi connectivity index (χ0n) is 17.5. The van der Waals surface area contributed by atoms with Gasteiger partial charge in [0.2, 0.25) is 11.8 Å². The number of nitrogens with zero attached hydrogens (tertiary/aromatic N) is 3. The first-order chi connectivity index (χ1) is 14.5. The van der Waals surface area contributed by atoms with Gasteiger partial charge in [0.1, 0.15) is 11.6 Å². The monoisotopic (exact) mass is 406 g/mol. The number of amides is 2.